The number of rotatable bonds is 10. The first-order valence-corrected chi connectivity index (χ1v) is 10.8. The highest BCUT2D eigenvalue weighted by Crippen LogP contribution is 2.41. The van der Waals surface area contributed by atoms with Gasteiger partial charge in [-0.25, -0.2) is 0 Å². The number of carbonyl (C=O) groups excluding carboxylic acids is 1. The number of carbonyl (C=O) groups is 1. The number of phenols is 3. The van der Waals surface area contributed by atoms with Crippen LogP contribution in [-0.4, -0.2) is 28.2 Å². The van der Waals surface area contributed by atoms with Crippen LogP contribution in [0.4, 0.5) is 0 Å². The second-order valence-corrected chi connectivity index (χ2v) is 8.62. The molecule has 2 aromatic carbocycles. The summed E-state index contributed by atoms with van der Waals surface area (Å²) < 4.78 is 5.29. The van der Waals surface area contributed by atoms with Gasteiger partial charge in [-0.15, -0.1) is 0 Å². The van der Waals surface area contributed by atoms with E-state index >= 15 is 0 Å². The minimum Gasteiger partial charge on any atom is -0.508 e. The maximum absolute atomic E-state index is 13.1. The first-order valence-electron chi connectivity index (χ1n) is 10.8. The third kappa shape index (κ3) is 6.16. The molecule has 0 radical (unpaired) electrons. The van der Waals surface area contributed by atoms with E-state index in [1.807, 2.05) is 33.8 Å². The molecule has 5 nitrogen and oxygen atoms in total. The fraction of sp³-hybridized carbons (Fsp3) is 0.370. The van der Waals surface area contributed by atoms with Crippen LogP contribution >= 0.6 is 0 Å². The molecule has 0 aliphatic heterocycles. The molecule has 0 heterocycles. The lowest BCUT2D eigenvalue weighted by Gasteiger charge is -2.20. The van der Waals surface area contributed by atoms with Gasteiger partial charge in [0.15, 0.2) is 5.78 Å². The molecule has 0 aromatic heterocycles. The van der Waals surface area contributed by atoms with Crippen molar-refractivity contribution in [1.82, 2.24) is 0 Å². The summed E-state index contributed by atoms with van der Waals surface area (Å²) in [5, 5.41) is 31.7. The van der Waals surface area contributed by atoms with E-state index in [0.717, 1.165) is 17.6 Å². The molecule has 0 fully saturated rings. The molecule has 0 aliphatic rings. The van der Waals surface area contributed by atoms with Gasteiger partial charge in [-0.05, 0) is 70.1 Å². The monoisotopic (exact) mass is 438 g/mol. The van der Waals surface area contributed by atoms with Crippen LogP contribution in [0.1, 0.15) is 60.7 Å². The molecule has 0 saturated heterocycles. The number of hydrogen-bond acceptors (Lipinski definition) is 5. The number of allylic oxidation sites excluding steroid dienone is 3. The Morgan fingerprint density at radius 3 is 2.38 bits per heavy atom. The number of aryl methyl sites for hydroxylation is 2. The van der Waals surface area contributed by atoms with Crippen molar-refractivity contribution in [2.24, 2.45) is 5.92 Å². The maximum Gasteiger partial charge on any atom is 0.170 e. The molecular formula is C27H34O5. The predicted molar refractivity (Wildman–Crippen MR) is 128 cm³/mol. The fourth-order valence-electron chi connectivity index (χ4n) is 3.65. The van der Waals surface area contributed by atoms with Crippen LogP contribution in [0, 0.1) is 12.8 Å². The van der Waals surface area contributed by atoms with Gasteiger partial charge in [0.2, 0.25) is 0 Å². The average Bonchev–Trinajstić information content (AvgIpc) is 2.71. The van der Waals surface area contributed by atoms with Crippen LogP contribution in [0.3, 0.4) is 0 Å². The number of ether oxygens (including phenoxy) is 1. The van der Waals surface area contributed by atoms with Gasteiger partial charge >= 0.3 is 0 Å². The van der Waals surface area contributed by atoms with Gasteiger partial charge in [0, 0.05) is 18.1 Å². The fourth-order valence-corrected chi connectivity index (χ4v) is 3.65. The zero-order chi connectivity index (χ0) is 24.0. The van der Waals surface area contributed by atoms with E-state index in [-0.39, 0.29) is 46.7 Å². The Kier molecular flexibility index (Phi) is 8.53. The number of aromatic hydroxyl groups is 3. The van der Waals surface area contributed by atoms with Crippen LogP contribution in [0.15, 0.2) is 48.1 Å². The summed E-state index contributed by atoms with van der Waals surface area (Å²) in [5.74, 6) is -0.430. The highest BCUT2D eigenvalue weighted by atomic mass is 16.5. The standard InChI is InChI=1S/C27H34O5/c1-16(2)7-9-20(17(3)4)14-21-24(30)15-25(32-6)26(27(21)31)22(28)12-11-19-10-8-18(5)13-23(19)29/h7-8,10,13,15,20,29-31H,3,9,11-12,14H2,1-2,4-6H3. The van der Waals surface area contributed by atoms with Crippen molar-refractivity contribution in [3.05, 3.63) is 70.3 Å². The summed E-state index contributed by atoms with van der Waals surface area (Å²) in [6.07, 6.45) is 3.56. The van der Waals surface area contributed by atoms with Gasteiger partial charge in [0.25, 0.3) is 0 Å². The van der Waals surface area contributed by atoms with Crippen molar-refractivity contribution in [3.8, 4) is 23.0 Å². The number of Topliss-reactive ketones (excluding diaryl/α,β-unsaturated/α-hetero) is 1. The van der Waals surface area contributed by atoms with Gasteiger partial charge < -0.3 is 20.1 Å². The van der Waals surface area contributed by atoms with Gasteiger partial charge in [-0.3, -0.25) is 4.79 Å². The van der Waals surface area contributed by atoms with E-state index in [1.165, 1.54) is 18.7 Å². The predicted octanol–water partition coefficient (Wildman–Crippen LogP) is 6.03. The summed E-state index contributed by atoms with van der Waals surface area (Å²) in [5.41, 5.74) is 4.05. The number of ketones is 1. The highest BCUT2D eigenvalue weighted by Gasteiger charge is 2.25. The van der Waals surface area contributed by atoms with E-state index in [4.69, 9.17) is 4.74 Å². The van der Waals surface area contributed by atoms with Crippen LogP contribution in [-0.2, 0) is 12.8 Å². The van der Waals surface area contributed by atoms with Crippen molar-refractivity contribution < 1.29 is 24.9 Å². The Morgan fingerprint density at radius 1 is 1.12 bits per heavy atom. The van der Waals surface area contributed by atoms with Gasteiger partial charge in [0.05, 0.1) is 7.11 Å². The molecule has 1 atom stereocenters. The third-order valence-corrected chi connectivity index (χ3v) is 5.67. The van der Waals surface area contributed by atoms with Crippen LogP contribution in [0.25, 0.3) is 0 Å². The van der Waals surface area contributed by atoms with E-state index in [0.29, 0.717) is 24.0 Å². The molecular weight excluding hydrogens is 404 g/mol. The van der Waals surface area contributed by atoms with E-state index < -0.39 is 0 Å². The molecule has 0 saturated carbocycles. The van der Waals surface area contributed by atoms with Crippen molar-refractivity contribution in [3.63, 3.8) is 0 Å². The molecule has 32 heavy (non-hydrogen) atoms. The molecule has 5 heteroatoms. The Hall–Kier alpha value is -3.21. The zero-order valence-electron chi connectivity index (χ0n) is 19.7. The molecule has 0 aliphatic carbocycles. The number of hydrogen-bond donors (Lipinski definition) is 3. The molecule has 172 valence electrons. The normalized spacial score (nSPS) is 11.7. The lowest BCUT2D eigenvalue weighted by atomic mass is 9.87. The van der Waals surface area contributed by atoms with E-state index in [1.54, 1.807) is 12.1 Å². The zero-order valence-corrected chi connectivity index (χ0v) is 19.7. The van der Waals surface area contributed by atoms with Crippen molar-refractivity contribution in [1.29, 1.82) is 0 Å². The summed E-state index contributed by atoms with van der Waals surface area (Å²) in [7, 11) is 1.39. The summed E-state index contributed by atoms with van der Waals surface area (Å²) >= 11 is 0. The van der Waals surface area contributed by atoms with Gasteiger partial charge in [-0.1, -0.05) is 35.9 Å². The molecule has 0 spiro atoms. The first kappa shape index (κ1) is 25.1. The van der Waals surface area contributed by atoms with E-state index in [2.05, 4.69) is 12.7 Å². The molecule has 1 unspecified atom stereocenters. The van der Waals surface area contributed by atoms with Crippen LogP contribution < -0.4 is 4.74 Å². The number of phenolic OH excluding ortho intramolecular Hbond substituents is 3. The largest absolute Gasteiger partial charge is 0.508 e. The summed E-state index contributed by atoms with van der Waals surface area (Å²) in [4.78, 5) is 13.1. The molecule has 3 N–H and O–H groups in total. The van der Waals surface area contributed by atoms with Gasteiger partial charge in [-0.2, -0.15) is 0 Å². The second kappa shape index (κ2) is 10.9. The Balaban J connectivity index is 2.36. The molecule has 2 aromatic rings. The maximum atomic E-state index is 13.1. The lowest BCUT2D eigenvalue weighted by Crippen LogP contribution is -2.10. The summed E-state index contributed by atoms with van der Waals surface area (Å²) in [6, 6.07) is 6.70. The minimum atomic E-state index is -0.322. The minimum absolute atomic E-state index is 0.00236. The molecule has 2 rings (SSSR count). The summed E-state index contributed by atoms with van der Waals surface area (Å²) in [6.45, 7) is 11.9. The topological polar surface area (TPSA) is 87.0 Å². The third-order valence-electron chi connectivity index (χ3n) is 5.67. The quantitative estimate of drug-likeness (QED) is 0.312. The smallest absolute Gasteiger partial charge is 0.170 e. The number of methoxy groups -OCH3 is 1. The van der Waals surface area contributed by atoms with Crippen molar-refractivity contribution >= 4 is 5.78 Å². The Bertz CT molecular complexity index is 1030. The Morgan fingerprint density at radius 2 is 1.81 bits per heavy atom. The second-order valence-electron chi connectivity index (χ2n) is 8.62. The average molecular weight is 439 g/mol. The number of benzene rings is 2. The highest BCUT2D eigenvalue weighted by molar-refractivity contribution is 6.02. The van der Waals surface area contributed by atoms with Gasteiger partial charge in [0.1, 0.15) is 28.6 Å². The Labute approximate surface area is 190 Å². The molecule has 0 amide bonds. The van der Waals surface area contributed by atoms with Crippen LogP contribution in [0.2, 0.25) is 0 Å². The SMILES string of the molecule is C=C(C)C(CC=C(C)C)Cc1c(O)cc(OC)c(C(=O)CCc2ccc(C)cc2O)c1O. The van der Waals surface area contributed by atoms with E-state index in [9.17, 15) is 20.1 Å². The first-order chi connectivity index (χ1) is 15.0. The van der Waals surface area contributed by atoms with Crippen molar-refractivity contribution in [2.45, 2.75) is 53.4 Å². The lowest BCUT2D eigenvalue weighted by molar-refractivity contribution is 0.0976. The van der Waals surface area contributed by atoms with Crippen LogP contribution in [0.5, 0.6) is 23.0 Å². The van der Waals surface area contributed by atoms with Crippen molar-refractivity contribution in [2.75, 3.05) is 7.11 Å². The molecule has 0 bridgehead atoms.